The first-order valence-electron chi connectivity index (χ1n) is 6.25. The van der Waals surface area contributed by atoms with Crippen molar-refractivity contribution in [2.24, 2.45) is 0 Å². The van der Waals surface area contributed by atoms with Gasteiger partial charge in [-0.3, -0.25) is 4.79 Å². The molecule has 1 aromatic rings. The van der Waals surface area contributed by atoms with Crippen LogP contribution in [0.15, 0.2) is 24.3 Å². The van der Waals surface area contributed by atoms with Gasteiger partial charge in [-0.05, 0) is 37.3 Å². The number of hydrogen-bond acceptors (Lipinski definition) is 4. The molecule has 0 aliphatic heterocycles. The van der Waals surface area contributed by atoms with Crippen LogP contribution in [-0.4, -0.2) is 35.2 Å². The van der Waals surface area contributed by atoms with Gasteiger partial charge in [-0.2, -0.15) is 11.8 Å². The van der Waals surface area contributed by atoms with Gasteiger partial charge >= 0.3 is 0 Å². The van der Waals surface area contributed by atoms with Gasteiger partial charge in [0.05, 0.1) is 5.60 Å². The molecular weight excluding hydrogens is 260 g/mol. The fourth-order valence-corrected chi connectivity index (χ4v) is 2.47. The van der Waals surface area contributed by atoms with Gasteiger partial charge in [0.2, 0.25) is 5.91 Å². The van der Waals surface area contributed by atoms with Gasteiger partial charge in [-0.1, -0.05) is 12.1 Å². The van der Waals surface area contributed by atoms with E-state index in [0.29, 0.717) is 24.3 Å². The van der Waals surface area contributed by atoms with Gasteiger partial charge in [0.15, 0.2) is 0 Å². The Morgan fingerprint density at radius 3 is 2.89 bits per heavy atom. The quantitative estimate of drug-likeness (QED) is 0.661. The third-order valence-corrected chi connectivity index (χ3v) is 3.62. The summed E-state index contributed by atoms with van der Waals surface area (Å²) in [7, 11) is 0. The van der Waals surface area contributed by atoms with E-state index in [4.69, 9.17) is 5.73 Å². The fraction of sp³-hybridized carbons (Fsp3) is 0.500. The summed E-state index contributed by atoms with van der Waals surface area (Å²) in [4.78, 5) is 11.7. The highest BCUT2D eigenvalue weighted by molar-refractivity contribution is 7.98. The van der Waals surface area contributed by atoms with Crippen LogP contribution in [0.25, 0.3) is 0 Å². The summed E-state index contributed by atoms with van der Waals surface area (Å²) >= 11 is 1.56. The number of aliphatic hydroxyl groups is 1. The minimum Gasteiger partial charge on any atom is -0.399 e. The van der Waals surface area contributed by atoms with Crippen molar-refractivity contribution < 1.29 is 9.90 Å². The van der Waals surface area contributed by atoms with Crippen LogP contribution in [0.4, 0.5) is 5.69 Å². The summed E-state index contributed by atoms with van der Waals surface area (Å²) in [5.41, 5.74) is 6.58. The lowest BCUT2D eigenvalue weighted by Gasteiger charge is -2.22. The number of carbonyl (C=O) groups is 1. The summed E-state index contributed by atoms with van der Waals surface area (Å²) < 4.78 is 0. The van der Waals surface area contributed by atoms with E-state index < -0.39 is 5.60 Å². The zero-order valence-corrected chi connectivity index (χ0v) is 12.3. The standard InChI is InChI=1S/C14H22N2O2S/c1-14(18,10-19-2)9-16-13(17)7-6-11-4-3-5-12(15)8-11/h3-5,8,18H,6-7,9-10,15H2,1-2H3,(H,16,17). The van der Waals surface area contributed by atoms with E-state index in [0.717, 1.165) is 5.56 Å². The molecule has 19 heavy (non-hydrogen) atoms. The average molecular weight is 282 g/mol. The molecule has 0 spiro atoms. The van der Waals surface area contributed by atoms with Crippen LogP contribution in [0.2, 0.25) is 0 Å². The van der Waals surface area contributed by atoms with Crippen molar-refractivity contribution in [1.29, 1.82) is 0 Å². The third kappa shape index (κ3) is 6.50. The lowest BCUT2D eigenvalue weighted by molar-refractivity contribution is -0.122. The maximum Gasteiger partial charge on any atom is 0.220 e. The number of nitrogens with one attached hydrogen (secondary N) is 1. The molecule has 5 heteroatoms. The van der Waals surface area contributed by atoms with Crippen LogP contribution < -0.4 is 11.1 Å². The number of benzene rings is 1. The molecule has 106 valence electrons. The van der Waals surface area contributed by atoms with Gasteiger partial charge in [-0.25, -0.2) is 0 Å². The van der Waals surface area contributed by atoms with Gasteiger partial charge in [0, 0.05) is 24.4 Å². The van der Waals surface area contributed by atoms with Crippen LogP contribution in [0, 0.1) is 0 Å². The Labute approximate surface area is 118 Å². The highest BCUT2D eigenvalue weighted by atomic mass is 32.2. The number of thioether (sulfide) groups is 1. The molecule has 0 radical (unpaired) electrons. The van der Waals surface area contributed by atoms with E-state index in [1.807, 2.05) is 30.5 Å². The molecule has 0 aliphatic rings. The zero-order valence-electron chi connectivity index (χ0n) is 11.5. The van der Waals surface area contributed by atoms with Gasteiger partial charge in [0.25, 0.3) is 0 Å². The SMILES string of the molecule is CSCC(C)(O)CNC(=O)CCc1cccc(N)c1. The van der Waals surface area contributed by atoms with Crippen molar-refractivity contribution in [3.63, 3.8) is 0 Å². The van der Waals surface area contributed by atoms with Crippen molar-refractivity contribution >= 4 is 23.4 Å². The molecule has 1 aromatic carbocycles. The van der Waals surface area contributed by atoms with Crippen LogP contribution in [0.3, 0.4) is 0 Å². The Hall–Kier alpha value is -1.20. The second kappa shape index (κ2) is 7.40. The van der Waals surface area contributed by atoms with Crippen LogP contribution in [0.1, 0.15) is 18.9 Å². The number of hydrogen-bond donors (Lipinski definition) is 3. The maximum absolute atomic E-state index is 11.7. The lowest BCUT2D eigenvalue weighted by Crippen LogP contribution is -2.42. The number of nitrogens with two attached hydrogens (primary N) is 1. The molecule has 4 nitrogen and oxygen atoms in total. The molecule has 1 unspecified atom stereocenters. The maximum atomic E-state index is 11.7. The molecule has 0 aromatic heterocycles. The summed E-state index contributed by atoms with van der Waals surface area (Å²) in [5, 5.41) is 12.7. The van der Waals surface area contributed by atoms with Crippen molar-refractivity contribution in [2.45, 2.75) is 25.4 Å². The van der Waals surface area contributed by atoms with E-state index in [1.54, 1.807) is 18.7 Å². The van der Waals surface area contributed by atoms with Gasteiger partial charge in [-0.15, -0.1) is 0 Å². The predicted molar refractivity (Wildman–Crippen MR) is 81.2 cm³/mol. The first-order valence-corrected chi connectivity index (χ1v) is 7.65. The Balaban J connectivity index is 2.32. The number of rotatable bonds is 7. The van der Waals surface area contributed by atoms with Crippen molar-refractivity contribution in [3.8, 4) is 0 Å². The Kier molecular flexibility index (Phi) is 6.18. The second-order valence-electron chi connectivity index (χ2n) is 4.95. The number of aryl methyl sites for hydroxylation is 1. The molecular formula is C14H22N2O2S. The number of anilines is 1. The highest BCUT2D eigenvalue weighted by Gasteiger charge is 2.20. The number of carbonyl (C=O) groups excluding carboxylic acids is 1. The lowest BCUT2D eigenvalue weighted by atomic mass is 10.1. The molecule has 1 amide bonds. The van der Waals surface area contributed by atoms with Gasteiger partial charge < -0.3 is 16.2 Å². The van der Waals surface area contributed by atoms with E-state index in [2.05, 4.69) is 5.32 Å². The van der Waals surface area contributed by atoms with Crippen LogP contribution in [0.5, 0.6) is 0 Å². The third-order valence-electron chi connectivity index (χ3n) is 2.71. The molecule has 0 heterocycles. The summed E-state index contributed by atoms with van der Waals surface area (Å²) in [6.07, 6.45) is 2.98. The van der Waals surface area contributed by atoms with Crippen molar-refractivity contribution in [1.82, 2.24) is 5.32 Å². The largest absolute Gasteiger partial charge is 0.399 e. The minimum absolute atomic E-state index is 0.0520. The van der Waals surface area contributed by atoms with E-state index >= 15 is 0 Å². The molecule has 1 rings (SSSR count). The van der Waals surface area contributed by atoms with E-state index in [1.165, 1.54) is 0 Å². The molecule has 0 fully saturated rings. The molecule has 1 atom stereocenters. The Bertz CT molecular complexity index is 422. The normalized spacial score (nSPS) is 13.8. The average Bonchev–Trinajstić information content (AvgIpc) is 2.34. The predicted octanol–water partition coefficient (Wildman–Crippen LogP) is 1.43. The van der Waals surface area contributed by atoms with Crippen LogP contribution in [-0.2, 0) is 11.2 Å². The molecule has 0 bridgehead atoms. The highest BCUT2D eigenvalue weighted by Crippen LogP contribution is 2.10. The summed E-state index contributed by atoms with van der Waals surface area (Å²) in [6, 6.07) is 7.53. The number of nitrogen functional groups attached to an aromatic ring is 1. The molecule has 0 saturated carbocycles. The van der Waals surface area contributed by atoms with Crippen LogP contribution >= 0.6 is 11.8 Å². The van der Waals surface area contributed by atoms with Crippen molar-refractivity contribution in [2.75, 3.05) is 24.3 Å². The van der Waals surface area contributed by atoms with E-state index in [9.17, 15) is 9.90 Å². The summed E-state index contributed by atoms with van der Waals surface area (Å²) in [5.74, 6) is 0.548. The first-order chi connectivity index (χ1) is 8.93. The Morgan fingerprint density at radius 2 is 2.26 bits per heavy atom. The minimum atomic E-state index is -0.855. The smallest absolute Gasteiger partial charge is 0.220 e. The molecule has 0 saturated heterocycles. The zero-order chi connectivity index (χ0) is 14.3. The van der Waals surface area contributed by atoms with Crippen molar-refractivity contribution in [3.05, 3.63) is 29.8 Å². The molecule has 4 N–H and O–H groups in total. The topological polar surface area (TPSA) is 75.3 Å². The number of amides is 1. The Morgan fingerprint density at radius 1 is 1.53 bits per heavy atom. The van der Waals surface area contributed by atoms with Gasteiger partial charge in [0.1, 0.15) is 0 Å². The second-order valence-corrected chi connectivity index (χ2v) is 5.82. The van der Waals surface area contributed by atoms with E-state index in [-0.39, 0.29) is 12.5 Å². The molecule has 0 aliphatic carbocycles. The first kappa shape index (κ1) is 15.9. The fourth-order valence-electron chi connectivity index (χ4n) is 1.75. The summed E-state index contributed by atoms with van der Waals surface area (Å²) in [6.45, 7) is 2.01. The monoisotopic (exact) mass is 282 g/mol.